The molecule has 0 unspecified atom stereocenters. The largest absolute Gasteiger partial charge is 0.348 e. The van der Waals surface area contributed by atoms with Crippen LogP contribution < -0.4 is 9.62 Å². The second-order valence-corrected chi connectivity index (χ2v) is 9.58. The summed E-state index contributed by atoms with van der Waals surface area (Å²) in [6.45, 7) is 6.23. The van der Waals surface area contributed by atoms with E-state index < -0.39 is 10.0 Å². The van der Waals surface area contributed by atoms with Gasteiger partial charge in [0.15, 0.2) is 0 Å². The zero-order valence-electron chi connectivity index (χ0n) is 15.8. The molecular formula is C21H22N2O3S2. The van der Waals surface area contributed by atoms with Crippen LogP contribution in [-0.2, 0) is 16.6 Å². The molecule has 3 rings (SSSR count). The second kappa shape index (κ2) is 8.16. The number of nitrogens with one attached hydrogen (secondary N) is 1. The summed E-state index contributed by atoms with van der Waals surface area (Å²) in [7, 11) is -3.47. The first-order valence-corrected chi connectivity index (χ1v) is 11.4. The topological polar surface area (TPSA) is 66.5 Å². The minimum atomic E-state index is -3.47. The van der Waals surface area contributed by atoms with Crippen molar-refractivity contribution in [3.05, 3.63) is 77.2 Å². The van der Waals surface area contributed by atoms with Crippen molar-refractivity contribution in [3.8, 4) is 0 Å². The van der Waals surface area contributed by atoms with Gasteiger partial charge in [0, 0.05) is 11.2 Å². The Kier molecular flexibility index (Phi) is 5.86. The first kappa shape index (κ1) is 20.1. The minimum Gasteiger partial charge on any atom is -0.348 e. The van der Waals surface area contributed by atoms with Crippen LogP contribution in [-0.4, -0.2) is 27.1 Å². The average molecular weight is 415 g/mol. The van der Waals surface area contributed by atoms with Crippen molar-refractivity contribution >= 4 is 43.0 Å². The Morgan fingerprint density at radius 2 is 1.89 bits per heavy atom. The van der Waals surface area contributed by atoms with E-state index in [9.17, 15) is 13.2 Å². The fourth-order valence-electron chi connectivity index (χ4n) is 2.81. The number of sulfonamides is 1. The maximum Gasteiger partial charge on any atom is 0.261 e. The van der Waals surface area contributed by atoms with Crippen LogP contribution in [0.5, 0.6) is 0 Å². The molecule has 0 fully saturated rings. The van der Waals surface area contributed by atoms with Gasteiger partial charge in [0.2, 0.25) is 10.0 Å². The zero-order chi connectivity index (χ0) is 20.3. The highest BCUT2D eigenvalue weighted by Gasteiger charge is 2.19. The number of amides is 1. The SMILES string of the molecule is C=CCNC(=O)c1cc2cc(N(Cc3ccc(C)cc3)S(C)(=O)=O)ccc2s1. The third-order valence-electron chi connectivity index (χ3n) is 4.27. The van der Waals surface area contributed by atoms with Gasteiger partial charge < -0.3 is 5.32 Å². The molecule has 28 heavy (non-hydrogen) atoms. The maximum atomic E-state index is 12.4. The molecule has 0 saturated heterocycles. The summed E-state index contributed by atoms with van der Waals surface area (Å²) >= 11 is 1.38. The normalized spacial score (nSPS) is 11.4. The molecule has 5 nitrogen and oxygen atoms in total. The number of thiophene rings is 1. The molecule has 0 saturated carbocycles. The number of fused-ring (bicyclic) bond motifs is 1. The van der Waals surface area contributed by atoms with E-state index in [2.05, 4.69) is 11.9 Å². The smallest absolute Gasteiger partial charge is 0.261 e. The van der Waals surface area contributed by atoms with E-state index >= 15 is 0 Å². The summed E-state index contributed by atoms with van der Waals surface area (Å²) in [5, 5.41) is 3.59. The number of benzene rings is 2. The van der Waals surface area contributed by atoms with Gasteiger partial charge >= 0.3 is 0 Å². The number of carbonyl (C=O) groups is 1. The van der Waals surface area contributed by atoms with E-state index in [-0.39, 0.29) is 12.5 Å². The third kappa shape index (κ3) is 4.61. The minimum absolute atomic E-state index is 0.165. The van der Waals surface area contributed by atoms with Gasteiger partial charge in [0.25, 0.3) is 5.91 Å². The van der Waals surface area contributed by atoms with Crippen LogP contribution in [0.15, 0.2) is 61.2 Å². The number of nitrogens with zero attached hydrogens (tertiary/aromatic N) is 1. The molecule has 7 heteroatoms. The zero-order valence-corrected chi connectivity index (χ0v) is 17.4. The molecule has 0 bridgehead atoms. The van der Waals surface area contributed by atoms with Gasteiger partial charge in [-0.25, -0.2) is 8.42 Å². The number of anilines is 1. The van der Waals surface area contributed by atoms with Crippen molar-refractivity contribution in [2.24, 2.45) is 0 Å². The van der Waals surface area contributed by atoms with Gasteiger partial charge in [0.1, 0.15) is 0 Å². The molecule has 1 heterocycles. The summed E-state index contributed by atoms with van der Waals surface area (Å²) < 4.78 is 27.2. The van der Waals surface area contributed by atoms with Crippen molar-refractivity contribution in [2.75, 3.05) is 17.1 Å². The van der Waals surface area contributed by atoms with Crippen molar-refractivity contribution in [1.29, 1.82) is 0 Å². The summed E-state index contributed by atoms with van der Waals surface area (Å²) in [6.07, 6.45) is 2.82. The first-order valence-electron chi connectivity index (χ1n) is 8.74. The third-order valence-corrected chi connectivity index (χ3v) is 6.52. The van der Waals surface area contributed by atoms with Crippen molar-refractivity contribution in [2.45, 2.75) is 13.5 Å². The summed E-state index contributed by atoms with van der Waals surface area (Å²) in [4.78, 5) is 12.7. The van der Waals surface area contributed by atoms with E-state index in [1.165, 1.54) is 21.9 Å². The second-order valence-electron chi connectivity index (χ2n) is 6.59. The molecule has 1 amide bonds. The van der Waals surface area contributed by atoms with E-state index in [4.69, 9.17) is 0 Å². The molecule has 1 aromatic heterocycles. The van der Waals surface area contributed by atoms with Crippen LogP contribution in [0.2, 0.25) is 0 Å². The lowest BCUT2D eigenvalue weighted by atomic mass is 10.1. The van der Waals surface area contributed by atoms with Crippen molar-refractivity contribution in [1.82, 2.24) is 5.32 Å². The predicted molar refractivity (Wildman–Crippen MR) is 117 cm³/mol. The van der Waals surface area contributed by atoms with Gasteiger partial charge in [-0.05, 0) is 42.1 Å². The van der Waals surface area contributed by atoms with Gasteiger partial charge in [-0.15, -0.1) is 17.9 Å². The van der Waals surface area contributed by atoms with Crippen LogP contribution in [0.25, 0.3) is 10.1 Å². The lowest BCUT2D eigenvalue weighted by Crippen LogP contribution is -2.29. The summed E-state index contributed by atoms with van der Waals surface area (Å²) in [5.74, 6) is -0.165. The van der Waals surface area contributed by atoms with E-state index in [1.807, 2.05) is 43.3 Å². The van der Waals surface area contributed by atoms with E-state index in [0.717, 1.165) is 21.2 Å². The molecular weight excluding hydrogens is 392 g/mol. The lowest BCUT2D eigenvalue weighted by molar-refractivity contribution is 0.0962. The molecule has 0 aliphatic carbocycles. The first-order chi connectivity index (χ1) is 13.3. The Morgan fingerprint density at radius 3 is 2.54 bits per heavy atom. The molecule has 0 aliphatic heterocycles. The highest BCUT2D eigenvalue weighted by Crippen LogP contribution is 2.31. The molecule has 0 radical (unpaired) electrons. The standard InChI is InChI=1S/C21H22N2O3S2/c1-4-11-22-21(24)20-13-17-12-18(9-10-19(17)27-20)23(28(3,25)26)14-16-7-5-15(2)6-8-16/h4-10,12-13H,1,11,14H2,2-3H3,(H,22,24). The number of hydrogen-bond acceptors (Lipinski definition) is 4. The Morgan fingerprint density at radius 1 is 1.18 bits per heavy atom. The molecule has 3 aromatic rings. The molecule has 0 aliphatic rings. The van der Waals surface area contributed by atoms with Crippen LogP contribution >= 0.6 is 11.3 Å². The lowest BCUT2D eigenvalue weighted by Gasteiger charge is -2.22. The quantitative estimate of drug-likeness (QED) is 0.592. The van der Waals surface area contributed by atoms with Crippen LogP contribution in [0, 0.1) is 6.92 Å². The Balaban J connectivity index is 1.94. The number of aryl methyl sites for hydroxylation is 1. The van der Waals surface area contributed by atoms with Gasteiger partial charge in [-0.3, -0.25) is 9.10 Å². The van der Waals surface area contributed by atoms with Crippen molar-refractivity contribution in [3.63, 3.8) is 0 Å². The predicted octanol–water partition coefficient (Wildman–Crippen LogP) is 4.09. The fourth-order valence-corrected chi connectivity index (χ4v) is 4.65. The highest BCUT2D eigenvalue weighted by molar-refractivity contribution is 7.92. The number of rotatable bonds is 7. The monoisotopic (exact) mass is 414 g/mol. The molecule has 2 aromatic carbocycles. The van der Waals surface area contributed by atoms with Crippen LogP contribution in [0.3, 0.4) is 0 Å². The molecule has 0 atom stereocenters. The van der Waals surface area contributed by atoms with E-state index in [0.29, 0.717) is 17.1 Å². The van der Waals surface area contributed by atoms with Crippen LogP contribution in [0.1, 0.15) is 20.8 Å². The van der Waals surface area contributed by atoms with Crippen molar-refractivity contribution < 1.29 is 13.2 Å². The number of hydrogen-bond donors (Lipinski definition) is 1. The average Bonchev–Trinajstić information content (AvgIpc) is 3.08. The van der Waals surface area contributed by atoms with Gasteiger partial charge in [-0.2, -0.15) is 0 Å². The molecule has 1 N–H and O–H groups in total. The Bertz CT molecular complexity index is 1120. The molecule has 0 spiro atoms. The fraction of sp³-hybridized carbons (Fsp3) is 0.190. The van der Waals surface area contributed by atoms with E-state index in [1.54, 1.807) is 18.2 Å². The van der Waals surface area contributed by atoms with Crippen LogP contribution in [0.4, 0.5) is 5.69 Å². The Hall–Kier alpha value is -2.64. The Labute approximate surface area is 169 Å². The summed E-state index contributed by atoms with van der Waals surface area (Å²) in [5.41, 5.74) is 2.61. The highest BCUT2D eigenvalue weighted by atomic mass is 32.2. The maximum absolute atomic E-state index is 12.4. The van der Waals surface area contributed by atoms with Gasteiger partial charge in [0.05, 0.1) is 23.4 Å². The summed E-state index contributed by atoms with van der Waals surface area (Å²) in [6, 6.07) is 15.0. The van der Waals surface area contributed by atoms with Gasteiger partial charge in [-0.1, -0.05) is 35.9 Å². The molecule has 146 valence electrons. The number of carbonyl (C=O) groups excluding carboxylic acids is 1.